The smallest absolute Gasteiger partial charge is 0.338 e. The molecule has 0 bridgehead atoms. The molecular formula is C25H22ClF5N2O. The summed E-state index contributed by atoms with van der Waals surface area (Å²) in [5.41, 5.74) is 0.334. The summed E-state index contributed by atoms with van der Waals surface area (Å²) in [7, 11) is 0. The molecule has 0 unspecified atom stereocenters. The minimum Gasteiger partial charge on any atom is -0.338 e. The van der Waals surface area contributed by atoms with Crippen molar-refractivity contribution in [1.82, 2.24) is 5.32 Å². The number of anilines is 1. The van der Waals surface area contributed by atoms with Gasteiger partial charge in [0.1, 0.15) is 11.6 Å². The van der Waals surface area contributed by atoms with E-state index in [1.54, 1.807) is 24.3 Å². The number of benzene rings is 3. The van der Waals surface area contributed by atoms with Gasteiger partial charge in [-0.2, -0.15) is 13.2 Å². The Balaban J connectivity index is 1.54. The zero-order valence-corrected chi connectivity index (χ0v) is 18.7. The highest BCUT2D eigenvalue weighted by Crippen LogP contribution is 2.36. The molecule has 0 saturated heterocycles. The molecule has 3 nitrogen and oxygen atoms in total. The zero-order chi connectivity index (χ0) is 24.7. The lowest BCUT2D eigenvalue weighted by Gasteiger charge is -2.18. The number of amides is 2. The molecule has 0 radical (unpaired) electrons. The number of hydrogen-bond donors (Lipinski definition) is 2. The van der Waals surface area contributed by atoms with E-state index in [0.29, 0.717) is 19.3 Å². The summed E-state index contributed by atoms with van der Waals surface area (Å²) in [5.74, 6) is -0.809. The maximum absolute atomic E-state index is 13.3. The first kappa shape index (κ1) is 25.5. The van der Waals surface area contributed by atoms with E-state index in [9.17, 15) is 26.7 Å². The van der Waals surface area contributed by atoms with Crippen molar-refractivity contribution in [3.63, 3.8) is 0 Å². The van der Waals surface area contributed by atoms with Gasteiger partial charge in [0.15, 0.2) is 0 Å². The van der Waals surface area contributed by atoms with Gasteiger partial charge in [0.2, 0.25) is 0 Å². The normalized spacial score (nSPS) is 11.5. The van der Waals surface area contributed by atoms with Crippen molar-refractivity contribution in [3.8, 4) is 0 Å². The van der Waals surface area contributed by atoms with Gasteiger partial charge in [0, 0.05) is 17.5 Å². The standard InChI is InChI=1S/C25H22ClF5N2O/c26-18-8-13-23(22(15-18)25(29,30)31)33-24(34)32-14-2-1-3-21(16-4-9-19(27)10-5-16)17-6-11-20(28)12-7-17/h4-13,15,21H,1-3,14H2,(H2,32,33,34). The molecule has 2 amide bonds. The molecule has 2 N–H and O–H groups in total. The Kier molecular flexibility index (Phi) is 8.50. The summed E-state index contributed by atoms with van der Waals surface area (Å²) in [6.45, 7) is 0.236. The molecule has 180 valence electrons. The Morgan fingerprint density at radius 1 is 0.853 bits per heavy atom. The van der Waals surface area contributed by atoms with Crippen LogP contribution in [0.3, 0.4) is 0 Å². The minimum absolute atomic E-state index is 0.0878. The van der Waals surface area contributed by atoms with E-state index < -0.39 is 17.8 Å². The van der Waals surface area contributed by atoms with Crippen molar-refractivity contribution in [2.24, 2.45) is 0 Å². The summed E-state index contributed by atoms with van der Waals surface area (Å²) >= 11 is 5.64. The number of urea groups is 1. The van der Waals surface area contributed by atoms with Gasteiger partial charge in [0.05, 0.1) is 11.3 Å². The third kappa shape index (κ3) is 7.18. The number of hydrogen-bond acceptors (Lipinski definition) is 1. The van der Waals surface area contributed by atoms with Gasteiger partial charge in [-0.15, -0.1) is 0 Å². The molecule has 3 aromatic carbocycles. The predicted octanol–water partition coefficient (Wildman–Crippen LogP) is 7.76. The first-order chi connectivity index (χ1) is 16.1. The van der Waals surface area contributed by atoms with Crippen LogP contribution < -0.4 is 10.6 Å². The van der Waals surface area contributed by atoms with Crippen molar-refractivity contribution in [3.05, 3.63) is 100 Å². The van der Waals surface area contributed by atoms with Crippen LogP contribution in [0.15, 0.2) is 66.7 Å². The highest BCUT2D eigenvalue weighted by Gasteiger charge is 2.34. The van der Waals surface area contributed by atoms with Crippen LogP contribution in [0.25, 0.3) is 0 Å². The second-order valence-electron chi connectivity index (χ2n) is 7.72. The Morgan fingerprint density at radius 2 is 1.41 bits per heavy atom. The van der Waals surface area contributed by atoms with Crippen LogP contribution in [0.4, 0.5) is 32.4 Å². The van der Waals surface area contributed by atoms with E-state index in [4.69, 9.17) is 11.6 Å². The molecule has 3 rings (SSSR count). The molecule has 3 aromatic rings. The lowest BCUT2D eigenvalue weighted by molar-refractivity contribution is -0.136. The lowest BCUT2D eigenvalue weighted by atomic mass is 9.87. The number of carbonyl (C=O) groups is 1. The second-order valence-corrected chi connectivity index (χ2v) is 8.16. The van der Waals surface area contributed by atoms with E-state index in [1.807, 2.05) is 0 Å². The fourth-order valence-electron chi connectivity index (χ4n) is 3.62. The van der Waals surface area contributed by atoms with Crippen molar-refractivity contribution in [2.75, 3.05) is 11.9 Å². The van der Waals surface area contributed by atoms with Gasteiger partial charge in [-0.05, 0) is 66.4 Å². The molecular weight excluding hydrogens is 475 g/mol. The average Bonchev–Trinajstić information content (AvgIpc) is 2.78. The number of unbranched alkanes of at least 4 members (excludes halogenated alkanes) is 1. The summed E-state index contributed by atoms with van der Waals surface area (Å²) in [4.78, 5) is 12.1. The van der Waals surface area contributed by atoms with E-state index >= 15 is 0 Å². The molecule has 0 aliphatic rings. The van der Waals surface area contributed by atoms with E-state index in [-0.39, 0.29) is 34.8 Å². The Labute approximate surface area is 198 Å². The Hall–Kier alpha value is -3.13. The number of alkyl halides is 3. The van der Waals surface area contributed by atoms with Crippen LogP contribution >= 0.6 is 11.6 Å². The van der Waals surface area contributed by atoms with Crippen LogP contribution in [0.5, 0.6) is 0 Å². The SMILES string of the molecule is O=C(NCCCCC(c1ccc(F)cc1)c1ccc(F)cc1)Nc1ccc(Cl)cc1C(F)(F)F. The largest absolute Gasteiger partial charge is 0.418 e. The topological polar surface area (TPSA) is 41.1 Å². The van der Waals surface area contributed by atoms with Gasteiger partial charge < -0.3 is 10.6 Å². The number of nitrogens with one attached hydrogen (secondary N) is 2. The first-order valence-corrected chi connectivity index (χ1v) is 10.9. The molecule has 0 atom stereocenters. The van der Waals surface area contributed by atoms with Gasteiger partial charge in [-0.3, -0.25) is 0 Å². The lowest BCUT2D eigenvalue weighted by Crippen LogP contribution is -2.30. The maximum Gasteiger partial charge on any atom is 0.418 e. The Morgan fingerprint density at radius 3 is 1.94 bits per heavy atom. The van der Waals surface area contributed by atoms with Gasteiger partial charge >= 0.3 is 12.2 Å². The maximum atomic E-state index is 13.3. The van der Waals surface area contributed by atoms with Crippen molar-refractivity contribution >= 4 is 23.3 Å². The highest BCUT2D eigenvalue weighted by molar-refractivity contribution is 6.30. The predicted molar refractivity (Wildman–Crippen MR) is 122 cm³/mol. The molecule has 0 fully saturated rings. The summed E-state index contributed by atoms with van der Waals surface area (Å²) in [6.07, 6.45) is -2.80. The molecule has 0 saturated carbocycles. The van der Waals surface area contributed by atoms with E-state index in [2.05, 4.69) is 10.6 Å². The van der Waals surface area contributed by atoms with Crippen LogP contribution in [0.1, 0.15) is 41.9 Å². The molecule has 0 heterocycles. The van der Waals surface area contributed by atoms with Crippen molar-refractivity contribution in [1.29, 1.82) is 0 Å². The molecule has 34 heavy (non-hydrogen) atoms. The monoisotopic (exact) mass is 496 g/mol. The van der Waals surface area contributed by atoms with Gasteiger partial charge in [-0.25, -0.2) is 13.6 Å². The first-order valence-electron chi connectivity index (χ1n) is 10.6. The molecule has 0 aliphatic heterocycles. The second kappa shape index (κ2) is 11.3. The third-order valence-electron chi connectivity index (χ3n) is 5.29. The van der Waals surface area contributed by atoms with Crippen molar-refractivity contribution < 1.29 is 26.7 Å². The summed E-state index contributed by atoms with van der Waals surface area (Å²) < 4.78 is 66.1. The molecule has 9 heteroatoms. The molecule has 0 aromatic heterocycles. The van der Waals surface area contributed by atoms with Gasteiger partial charge in [-0.1, -0.05) is 42.3 Å². The number of carbonyl (C=O) groups excluding carboxylic acids is 1. The van der Waals surface area contributed by atoms with Crippen LogP contribution in [-0.4, -0.2) is 12.6 Å². The minimum atomic E-state index is -4.66. The fourth-order valence-corrected chi connectivity index (χ4v) is 3.79. The number of halogens is 6. The third-order valence-corrected chi connectivity index (χ3v) is 5.52. The number of rotatable bonds is 8. The molecule has 0 spiro atoms. The highest BCUT2D eigenvalue weighted by atomic mass is 35.5. The van der Waals surface area contributed by atoms with E-state index in [1.165, 1.54) is 30.3 Å². The van der Waals surface area contributed by atoms with Crippen molar-refractivity contribution in [2.45, 2.75) is 31.4 Å². The van der Waals surface area contributed by atoms with Crippen LogP contribution in [-0.2, 0) is 6.18 Å². The van der Waals surface area contributed by atoms with Crippen LogP contribution in [0.2, 0.25) is 5.02 Å². The van der Waals surface area contributed by atoms with E-state index in [0.717, 1.165) is 23.3 Å². The zero-order valence-electron chi connectivity index (χ0n) is 17.9. The summed E-state index contributed by atoms with van der Waals surface area (Å²) in [6, 6.07) is 14.5. The van der Waals surface area contributed by atoms with Gasteiger partial charge in [0.25, 0.3) is 0 Å². The quantitative estimate of drug-likeness (QED) is 0.243. The van der Waals surface area contributed by atoms with Crippen LogP contribution in [0, 0.1) is 11.6 Å². The fraction of sp³-hybridized carbons (Fsp3) is 0.240. The summed E-state index contributed by atoms with van der Waals surface area (Å²) in [5, 5.41) is 4.66. The Bertz CT molecular complexity index is 1060. The molecule has 0 aliphatic carbocycles. The average molecular weight is 497 g/mol.